The molecule has 0 aliphatic rings. The van der Waals surface area contributed by atoms with Gasteiger partial charge in [-0.05, 0) is 49.2 Å². The number of nitrogens with zero attached hydrogens (tertiary/aromatic N) is 1. The predicted molar refractivity (Wildman–Crippen MR) is 134 cm³/mol. The average Bonchev–Trinajstić information content (AvgIpc) is 2.77. The molecular weight excluding hydrogens is 445 g/mol. The van der Waals surface area contributed by atoms with Crippen molar-refractivity contribution in [2.75, 3.05) is 5.32 Å². The first-order valence-corrected chi connectivity index (χ1v) is 11.9. The second-order valence-corrected chi connectivity index (χ2v) is 8.60. The van der Waals surface area contributed by atoms with Gasteiger partial charge in [-0.25, -0.2) is 5.43 Å². The molecule has 32 heavy (non-hydrogen) atoms. The maximum atomic E-state index is 12.4. The molecule has 0 fully saturated rings. The summed E-state index contributed by atoms with van der Waals surface area (Å²) in [5.74, 6) is -0.385. The van der Waals surface area contributed by atoms with Gasteiger partial charge in [0.25, 0.3) is 5.91 Å². The van der Waals surface area contributed by atoms with Crippen LogP contribution in [0.25, 0.3) is 0 Å². The lowest BCUT2D eigenvalue weighted by Crippen LogP contribution is -2.18. The van der Waals surface area contributed by atoms with E-state index < -0.39 is 0 Å². The van der Waals surface area contributed by atoms with E-state index in [1.54, 1.807) is 24.3 Å². The Kier molecular flexibility index (Phi) is 11.3. The van der Waals surface area contributed by atoms with Crippen LogP contribution in [0.3, 0.4) is 0 Å². The molecular formula is C25H31Cl2N3O2. The van der Waals surface area contributed by atoms with Gasteiger partial charge in [-0.1, -0.05) is 80.8 Å². The Morgan fingerprint density at radius 2 is 1.56 bits per heavy atom. The molecule has 0 saturated carbocycles. The molecule has 0 heterocycles. The van der Waals surface area contributed by atoms with E-state index in [0.29, 0.717) is 33.4 Å². The molecule has 0 aliphatic carbocycles. The Bertz CT molecular complexity index is 927. The summed E-state index contributed by atoms with van der Waals surface area (Å²) in [6, 6.07) is 11.9. The van der Waals surface area contributed by atoms with Crippen molar-refractivity contribution in [3.63, 3.8) is 0 Å². The number of amides is 2. The van der Waals surface area contributed by atoms with Crippen LogP contribution in [-0.4, -0.2) is 17.5 Å². The molecule has 7 heteroatoms. The van der Waals surface area contributed by atoms with Crippen molar-refractivity contribution < 1.29 is 9.59 Å². The van der Waals surface area contributed by atoms with Gasteiger partial charge in [-0.3, -0.25) is 9.59 Å². The van der Waals surface area contributed by atoms with Crippen molar-refractivity contribution in [3.05, 3.63) is 63.6 Å². The molecule has 2 N–H and O–H groups in total. The van der Waals surface area contributed by atoms with Crippen molar-refractivity contribution >= 4 is 46.4 Å². The number of hydrazone groups is 1. The summed E-state index contributed by atoms with van der Waals surface area (Å²) in [5, 5.41) is 7.76. The Labute approximate surface area is 200 Å². The predicted octanol–water partition coefficient (Wildman–Crippen LogP) is 7.23. The molecule has 0 atom stereocenters. The van der Waals surface area contributed by atoms with Gasteiger partial charge < -0.3 is 5.32 Å². The van der Waals surface area contributed by atoms with Gasteiger partial charge in [0.1, 0.15) is 0 Å². The zero-order valence-corrected chi connectivity index (χ0v) is 20.2. The number of carbonyl (C=O) groups excluding carboxylic acids is 2. The van der Waals surface area contributed by atoms with Crippen LogP contribution in [-0.2, 0) is 4.79 Å². The number of unbranched alkanes of at least 4 members (excludes halogenated alkanes) is 6. The number of halogens is 2. The van der Waals surface area contributed by atoms with Crippen LogP contribution < -0.4 is 10.7 Å². The summed E-state index contributed by atoms with van der Waals surface area (Å²) in [5.41, 5.74) is 5.14. The van der Waals surface area contributed by atoms with Gasteiger partial charge in [-0.2, -0.15) is 5.10 Å². The van der Waals surface area contributed by atoms with E-state index in [9.17, 15) is 9.59 Å². The third-order valence-electron chi connectivity index (χ3n) is 5.09. The minimum absolute atomic E-state index is 0.0679. The second-order valence-electron chi connectivity index (χ2n) is 7.76. The Morgan fingerprint density at radius 1 is 0.906 bits per heavy atom. The highest BCUT2D eigenvalue weighted by molar-refractivity contribution is 6.37. The lowest BCUT2D eigenvalue weighted by atomic mass is 10.1. The number of nitrogens with one attached hydrogen (secondary N) is 2. The highest BCUT2D eigenvalue weighted by Crippen LogP contribution is 2.22. The monoisotopic (exact) mass is 475 g/mol. The third kappa shape index (κ3) is 9.01. The minimum Gasteiger partial charge on any atom is -0.322 e. The van der Waals surface area contributed by atoms with Gasteiger partial charge in [0, 0.05) is 17.1 Å². The molecule has 2 rings (SSSR count). The van der Waals surface area contributed by atoms with Crippen LogP contribution in [0.2, 0.25) is 10.0 Å². The number of benzene rings is 2. The second kappa shape index (κ2) is 13.9. The van der Waals surface area contributed by atoms with Crippen molar-refractivity contribution in [1.29, 1.82) is 0 Å². The molecule has 2 aromatic carbocycles. The lowest BCUT2D eigenvalue weighted by Gasteiger charge is -2.08. The summed E-state index contributed by atoms with van der Waals surface area (Å²) in [7, 11) is 0. The summed E-state index contributed by atoms with van der Waals surface area (Å²) < 4.78 is 0. The number of rotatable bonds is 12. The molecule has 5 nitrogen and oxygen atoms in total. The summed E-state index contributed by atoms with van der Waals surface area (Å²) in [6.07, 6.45) is 8.70. The standard InChI is InChI=1S/C25H31Cl2N3O2/c1-3-4-5-6-7-8-9-10-24(31)30-29-18(2)19-11-14-21(15-12-19)28-25(32)22-16-13-20(26)17-23(22)27/h11-17H,3-10H2,1-2H3,(H,28,32)(H,30,31). The van der Waals surface area contributed by atoms with E-state index in [2.05, 4.69) is 22.8 Å². The van der Waals surface area contributed by atoms with Crippen molar-refractivity contribution in [1.82, 2.24) is 5.43 Å². The first-order chi connectivity index (χ1) is 15.4. The zero-order valence-electron chi connectivity index (χ0n) is 18.7. The molecule has 2 aromatic rings. The first kappa shape index (κ1) is 25.9. The Hall–Kier alpha value is -2.37. The van der Waals surface area contributed by atoms with Crippen molar-refractivity contribution in [2.24, 2.45) is 5.10 Å². The quantitative estimate of drug-likeness (QED) is 0.193. The molecule has 0 spiro atoms. The summed E-state index contributed by atoms with van der Waals surface area (Å²) >= 11 is 12.0. The molecule has 0 bridgehead atoms. The van der Waals surface area contributed by atoms with E-state index in [4.69, 9.17) is 23.2 Å². The molecule has 0 unspecified atom stereocenters. The molecule has 0 saturated heterocycles. The fourth-order valence-corrected chi connectivity index (χ4v) is 3.67. The van der Waals surface area contributed by atoms with Crippen LogP contribution in [0.15, 0.2) is 47.6 Å². The van der Waals surface area contributed by atoms with Gasteiger partial charge in [0.2, 0.25) is 5.91 Å². The number of anilines is 1. The normalized spacial score (nSPS) is 11.3. The maximum absolute atomic E-state index is 12.4. The molecule has 0 aromatic heterocycles. The van der Waals surface area contributed by atoms with E-state index >= 15 is 0 Å². The Balaban J connectivity index is 1.79. The molecule has 0 aliphatic heterocycles. The first-order valence-electron chi connectivity index (χ1n) is 11.1. The lowest BCUT2D eigenvalue weighted by molar-refractivity contribution is -0.121. The number of carbonyl (C=O) groups is 2. The van der Waals surface area contributed by atoms with Crippen LogP contribution in [0.1, 0.15) is 81.1 Å². The Morgan fingerprint density at radius 3 is 2.22 bits per heavy atom. The smallest absolute Gasteiger partial charge is 0.257 e. The fourth-order valence-electron chi connectivity index (χ4n) is 3.18. The maximum Gasteiger partial charge on any atom is 0.257 e. The summed E-state index contributed by atoms with van der Waals surface area (Å²) in [6.45, 7) is 4.04. The number of hydrogen-bond acceptors (Lipinski definition) is 3. The van der Waals surface area contributed by atoms with E-state index in [0.717, 1.165) is 18.4 Å². The SMILES string of the molecule is CCCCCCCCCC(=O)NN=C(C)c1ccc(NC(=O)c2ccc(Cl)cc2Cl)cc1. The highest BCUT2D eigenvalue weighted by atomic mass is 35.5. The summed E-state index contributed by atoms with van der Waals surface area (Å²) in [4.78, 5) is 24.4. The van der Waals surface area contributed by atoms with E-state index in [1.807, 2.05) is 19.1 Å². The van der Waals surface area contributed by atoms with Crippen molar-refractivity contribution in [3.8, 4) is 0 Å². The molecule has 2 amide bonds. The van der Waals surface area contributed by atoms with E-state index in [-0.39, 0.29) is 11.8 Å². The van der Waals surface area contributed by atoms with Crippen LogP contribution >= 0.6 is 23.2 Å². The van der Waals surface area contributed by atoms with Gasteiger partial charge in [0.05, 0.1) is 16.3 Å². The zero-order chi connectivity index (χ0) is 23.3. The molecule has 172 valence electrons. The third-order valence-corrected chi connectivity index (χ3v) is 5.64. The van der Waals surface area contributed by atoms with Gasteiger partial charge in [-0.15, -0.1) is 0 Å². The number of hydrogen-bond donors (Lipinski definition) is 2. The van der Waals surface area contributed by atoms with Gasteiger partial charge >= 0.3 is 0 Å². The topological polar surface area (TPSA) is 70.6 Å². The molecule has 0 radical (unpaired) electrons. The van der Waals surface area contributed by atoms with Crippen LogP contribution in [0.4, 0.5) is 5.69 Å². The van der Waals surface area contributed by atoms with Crippen LogP contribution in [0.5, 0.6) is 0 Å². The van der Waals surface area contributed by atoms with E-state index in [1.165, 1.54) is 38.2 Å². The largest absolute Gasteiger partial charge is 0.322 e. The average molecular weight is 476 g/mol. The van der Waals surface area contributed by atoms with Gasteiger partial charge in [0.15, 0.2) is 0 Å². The minimum atomic E-state index is -0.317. The highest BCUT2D eigenvalue weighted by Gasteiger charge is 2.11. The van der Waals surface area contributed by atoms with Crippen molar-refractivity contribution in [2.45, 2.75) is 65.2 Å². The van der Waals surface area contributed by atoms with Crippen LogP contribution in [0, 0.1) is 0 Å². The fraction of sp³-hybridized carbons (Fsp3) is 0.400.